The number of allylic oxidation sites excluding steroid dienone is 2. The molecule has 5 aliphatic carbocycles. The molecule has 0 aromatic carbocycles. The zero-order valence-electron chi connectivity index (χ0n) is 29.5. The third-order valence-corrected chi connectivity index (χ3v) is 13.9. The summed E-state index contributed by atoms with van der Waals surface area (Å²) in [5.74, 6) is -4.12. The van der Waals surface area contributed by atoms with E-state index in [0.29, 0.717) is 18.3 Å². The first kappa shape index (κ1) is 36.0. The van der Waals surface area contributed by atoms with Crippen molar-refractivity contribution in [1.29, 1.82) is 0 Å². The average Bonchev–Trinajstić information content (AvgIpc) is 3.62. The Kier molecular flexibility index (Phi) is 9.41. The van der Waals surface area contributed by atoms with Gasteiger partial charge in [-0.2, -0.15) is 0 Å². The second-order valence-electron chi connectivity index (χ2n) is 16.1. The van der Waals surface area contributed by atoms with E-state index in [1.165, 1.54) is 13.8 Å². The fourth-order valence-corrected chi connectivity index (χ4v) is 11.4. The van der Waals surface area contributed by atoms with Crippen LogP contribution in [0.3, 0.4) is 0 Å². The van der Waals surface area contributed by atoms with E-state index in [2.05, 4.69) is 33.4 Å². The maximum absolute atomic E-state index is 14.2. The highest BCUT2D eigenvalue weighted by atomic mass is 16.6. The molecule has 0 saturated heterocycles. The Bertz CT molecular complexity index is 1450. The molecule has 4 fully saturated rings. The van der Waals surface area contributed by atoms with Gasteiger partial charge in [0.05, 0.1) is 19.4 Å². The third-order valence-electron chi connectivity index (χ3n) is 13.9. The van der Waals surface area contributed by atoms with Crippen molar-refractivity contribution in [3.05, 3.63) is 24.3 Å². The summed E-state index contributed by atoms with van der Waals surface area (Å²) in [6, 6.07) is 0. The lowest BCUT2D eigenvalue weighted by atomic mass is 9.43. The van der Waals surface area contributed by atoms with Crippen molar-refractivity contribution in [2.75, 3.05) is 6.61 Å². The number of ether oxygens (including phenoxy) is 3. The number of carbonyl (C=O) groups is 6. The number of fused-ring (bicyclic) bond motifs is 2. The van der Waals surface area contributed by atoms with Gasteiger partial charge in [-0.15, -0.1) is 0 Å². The summed E-state index contributed by atoms with van der Waals surface area (Å²) in [6.07, 6.45) is 6.64. The normalized spacial score (nSPS) is 39.3. The fourth-order valence-electron chi connectivity index (χ4n) is 11.4. The van der Waals surface area contributed by atoms with Crippen LogP contribution in [0.2, 0.25) is 0 Å². The van der Waals surface area contributed by atoms with Crippen LogP contribution in [0.4, 0.5) is 0 Å². The molecule has 5 aliphatic rings. The topological polar surface area (TPSA) is 150 Å². The SMILES string of the molecule is C=C(C(=O)[C@H](OC(=O)CCC(=O)O)[C@@H](C)[C@H]1[C@@H](OC(C)=O)C[C@@]2(C)C3CCC4[C@H](C)C(=O)C=C[C@@]45C[C@@]35CC[C@]12C)[C@@H](C)COC(C)=O. The van der Waals surface area contributed by atoms with Gasteiger partial charge in [0.25, 0.3) is 0 Å². The molecule has 1 N–H and O–H groups in total. The average molecular weight is 669 g/mol. The first-order chi connectivity index (χ1) is 22.3. The van der Waals surface area contributed by atoms with Gasteiger partial charge in [0.2, 0.25) is 0 Å². The molecule has 0 aromatic rings. The van der Waals surface area contributed by atoms with Gasteiger partial charge in [0, 0.05) is 37.5 Å². The predicted octanol–water partition coefficient (Wildman–Crippen LogP) is 5.66. The smallest absolute Gasteiger partial charge is 0.307 e. The van der Waals surface area contributed by atoms with E-state index in [-0.39, 0.29) is 46.0 Å². The molecule has 0 bridgehead atoms. The Morgan fingerprint density at radius 1 is 1.02 bits per heavy atom. The van der Waals surface area contributed by atoms with Crippen LogP contribution in [0, 0.1) is 57.2 Å². The molecule has 0 aromatic heterocycles. The zero-order valence-corrected chi connectivity index (χ0v) is 29.5. The number of carbonyl (C=O) groups excluding carboxylic acids is 5. The monoisotopic (exact) mass is 668 g/mol. The standard InChI is InChI=1S/C38H52O10/c1-20(18-46-24(5)39)21(2)33(45)34(48-31(44)12-11-30(42)43)23(4)32-28(47-25(6)40)17-36(8)29-10-9-26-22(3)27(41)13-14-37(26)19-38(29,37)16-15-35(32,36)7/h13-14,20,22-23,26,28-29,32,34H,2,9-12,15-19H2,1,3-8H3,(H,42,43)/t20-,22-,23-,26?,28-,29?,32-,34+,35+,36-,37+,38-/m0/s1. The maximum atomic E-state index is 14.2. The van der Waals surface area contributed by atoms with Gasteiger partial charge in [0.15, 0.2) is 17.7 Å². The Labute approximate surface area is 283 Å². The van der Waals surface area contributed by atoms with E-state index in [1.54, 1.807) is 13.0 Å². The van der Waals surface area contributed by atoms with Gasteiger partial charge in [-0.3, -0.25) is 28.8 Å². The summed E-state index contributed by atoms with van der Waals surface area (Å²) in [5, 5.41) is 9.18. The summed E-state index contributed by atoms with van der Waals surface area (Å²) in [4.78, 5) is 75.3. The molecule has 0 radical (unpaired) electrons. The van der Waals surface area contributed by atoms with Crippen molar-refractivity contribution in [2.45, 2.75) is 112 Å². The van der Waals surface area contributed by atoms with Gasteiger partial charge in [-0.25, -0.2) is 0 Å². The molecule has 2 unspecified atom stereocenters. The number of rotatable bonds is 12. The van der Waals surface area contributed by atoms with Crippen LogP contribution in [0.1, 0.15) is 99.8 Å². The second-order valence-corrected chi connectivity index (χ2v) is 16.1. The van der Waals surface area contributed by atoms with Crippen molar-refractivity contribution in [3.63, 3.8) is 0 Å². The number of Topliss-reactive ketones (excluding diaryl/α,β-unsaturated/α-hetero) is 1. The minimum absolute atomic E-state index is 0.000468. The fraction of sp³-hybridized carbons (Fsp3) is 0.737. The van der Waals surface area contributed by atoms with E-state index >= 15 is 0 Å². The number of hydrogen-bond acceptors (Lipinski definition) is 9. The highest BCUT2D eigenvalue weighted by Gasteiger charge is 2.81. The largest absolute Gasteiger partial charge is 0.481 e. The maximum Gasteiger partial charge on any atom is 0.307 e. The molecule has 0 amide bonds. The molecule has 48 heavy (non-hydrogen) atoms. The lowest BCUT2D eigenvalue weighted by Gasteiger charge is -2.61. The minimum Gasteiger partial charge on any atom is -0.481 e. The molecule has 10 heteroatoms. The van der Waals surface area contributed by atoms with Gasteiger partial charge in [0.1, 0.15) is 6.10 Å². The molecule has 0 heterocycles. The summed E-state index contributed by atoms with van der Waals surface area (Å²) < 4.78 is 17.1. The van der Waals surface area contributed by atoms with E-state index in [0.717, 1.165) is 32.1 Å². The van der Waals surface area contributed by atoms with Crippen LogP contribution in [0.15, 0.2) is 24.3 Å². The number of esters is 3. The van der Waals surface area contributed by atoms with E-state index in [1.807, 2.05) is 6.92 Å². The summed E-state index contributed by atoms with van der Waals surface area (Å²) in [5.41, 5.74) is -0.494. The van der Waals surface area contributed by atoms with Crippen LogP contribution >= 0.6 is 0 Å². The molecule has 12 atom stereocenters. The van der Waals surface area contributed by atoms with Crippen LogP contribution < -0.4 is 0 Å². The van der Waals surface area contributed by atoms with Crippen LogP contribution in [-0.2, 0) is 43.0 Å². The van der Waals surface area contributed by atoms with E-state index in [9.17, 15) is 33.9 Å². The molecule has 5 rings (SSSR count). The van der Waals surface area contributed by atoms with Gasteiger partial charge >= 0.3 is 23.9 Å². The van der Waals surface area contributed by atoms with Gasteiger partial charge in [-0.1, -0.05) is 47.3 Å². The summed E-state index contributed by atoms with van der Waals surface area (Å²) >= 11 is 0. The van der Waals surface area contributed by atoms with Crippen molar-refractivity contribution >= 4 is 35.4 Å². The zero-order chi connectivity index (χ0) is 35.6. The Balaban J connectivity index is 1.51. The summed E-state index contributed by atoms with van der Waals surface area (Å²) in [7, 11) is 0. The van der Waals surface area contributed by atoms with Crippen LogP contribution in [0.25, 0.3) is 0 Å². The molecule has 264 valence electrons. The first-order valence-corrected chi connectivity index (χ1v) is 17.5. The molecule has 2 spiro atoms. The third kappa shape index (κ3) is 5.55. The van der Waals surface area contributed by atoms with E-state index in [4.69, 9.17) is 14.2 Å². The Hall–Kier alpha value is -3.30. The van der Waals surface area contributed by atoms with E-state index < -0.39 is 72.0 Å². The predicted molar refractivity (Wildman–Crippen MR) is 174 cm³/mol. The van der Waals surface area contributed by atoms with Crippen LogP contribution in [0.5, 0.6) is 0 Å². The minimum atomic E-state index is -1.31. The number of carboxylic acids is 1. The number of aliphatic carboxylic acids is 1. The lowest BCUT2D eigenvalue weighted by Crippen LogP contribution is -2.56. The molecular weight excluding hydrogens is 616 g/mol. The Morgan fingerprint density at radius 2 is 1.71 bits per heavy atom. The van der Waals surface area contributed by atoms with Crippen molar-refractivity contribution in [1.82, 2.24) is 0 Å². The first-order valence-electron chi connectivity index (χ1n) is 17.5. The molecule has 4 saturated carbocycles. The molecule has 10 nitrogen and oxygen atoms in total. The number of ketones is 2. The second kappa shape index (κ2) is 12.5. The van der Waals surface area contributed by atoms with Crippen molar-refractivity contribution in [3.8, 4) is 0 Å². The van der Waals surface area contributed by atoms with Crippen molar-refractivity contribution in [2.24, 2.45) is 57.2 Å². The van der Waals surface area contributed by atoms with Gasteiger partial charge in [-0.05, 0) is 83.7 Å². The van der Waals surface area contributed by atoms with Gasteiger partial charge < -0.3 is 19.3 Å². The van der Waals surface area contributed by atoms with Crippen molar-refractivity contribution < 1.29 is 48.1 Å². The lowest BCUT2D eigenvalue weighted by molar-refractivity contribution is -0.168. The summed E-state index contributed by atoms with van der Waals surface area (Å²) in [6.45, 7) is 16.7. The van der Waals surface area contributed by atoms with Crippen LogP contribution in [-0.4, -0.2) is 59.4 Å². The quantitative estimate of drug-likeness (QED) is 0.157. The molecule has 0 aliphatic heterocycles. The molecular formula is C38H52O10. The highest BCUT2D eigenvalue weighted by Crippen LogP contribution is 2.87. The number of hydrogen-bond donors (Lipinski definition) is 1. The number of carboxylic acid groups (broad SMARTS) is 1. The Morgan fingerprint density at radius 3 is 2.33 bits per heavy atom. The highest BCUT2D eigenvalue weighted by molar-refractivity contribution is 6.00.